The lowest BCUT2D eigenvalue weighted by Crippen LogP contribution is -2.26. The molecule has 1 amide bonds. The van der Waals surface area contributed by atoms with Crippen LogP contribution in [0.4, 0.5) is 5.69 Å². The number of pyridine rings is 1. The van der Waals surface area contributed by atoms with Crippen molar-refractivity contribution >= 4 is 23.2 Å². The Labute approximate surface area is 120 Å². The highest BCUT2D eigenvalue weighted by Crippen LogP contribution is 2.20. The van der Waals surface area contributed by atoms with Crippen LogP contribution in [-0.4, -0.2) is 10.5 Å². The molecule has 6 heteroatoms. The van der Waals surface area contributed by atoms with E-state index in [0.29, 0.717) is 11.3 Å². The van der Waals surface area contributed by atoms with Crippen molar-refractivity contribution in [3.63, 3.8) is 0 Å². The predicted molar refractivity (Wildman–Crippen MR) is 75.5 cm³/mol. The number of nitriles is 1. The molecule has 0 bridgehead atoms. The Morgan fingerprint density at radius 1 is 1.35 bits per heavy atom. The van der Waals surface area contributed by atoms with Crippen molar-refractivity contribution in [3.05, 3.63) is 63.5 Å². The first-order chi connectivity index (χ1) is 9.60. The monoisotopic (exact) mass is 287 g/mol. The second kappa shape index (κ2) is 6.04. The number of nitrogens with one attached hydrogen (secondary N) is 1. The molecular weight excluding hydrogens is 278 g/mol. The van der Waals surface area contributed by atoms with Crippen LogP contribution >= 0.6 is 11.6 Å². The fourth-order valence-corrected chi connectivity index (χ4v) is 1.85. The molecule has 20 heavy (non-hydrogen) atoms. The lowest BCUT2D eigenvalue weighted by atomic mass is 10.2. The third-order valence-corrected chi connectivity index (χ3v) is 2.90. The molecule has 0 spiro atoms. The first-order valence-electron chi connectivity index (χ1n) is 5.75. The minimum Gasteiger partial charge on any atom is -0.324 e. The number of rotatable bonds is 3. The third-order valence-electron chi connectivity index (χ3n) is 2.59. The van der Waals surface area contributed by atoms with E-state index in [4.69, 9.17) is 16.9 Å². The summed E-state index contributed by atoms with van der Waals surface area (Å²) in [4.78, 5) is 23.3. The van der Waals surface area contributed by atoms with Gasteiger partial charge in [-0.05, 0) is 24.3 Å². The Bertz CT molecular complexity index is 747. The van der Waals surface area contributed by atoms with E-state index in [1.165, 1.54) is 29.0 Å². The quantitative estimate of drug-likeness (QED) is 0.938. The summed E-state index contributed by atoms with van der Waals surface area (Å²) < 4.78 is 1.29. The summed E-state index contributed by atoms with van der Waals surface area (Å²) in [7, 11) is 0. The van der Waals surface area contributed by atoms with Gasteiger partial charge in [-0.3, -0.25) is 9.59 Å². The van der Waals surface area contributed by atoms with E-state index in [1.807, 2.05) is 6.07 Å². The van der Waals surface area contributed by atoms with Crippen LogP contribution in [0.5, 0.6) is 0 Å². The van der Waals surface area contributed by atoms with Crippen LogP contribution in [0.25, 0.3) is 0 Å². The summed E-state index contributed by atoms with van der Waals surface area (Å²) in [5, 5.41) is 11.6. The molecule has 0 unspecified atom stereocenters. The number of hydrogen-bond acceptors (Lipinski definition) is 3. The Hall–Kier alpha value is -2.58. The number of carbonyl (C=O) groups excluding carboxylic acids is 1. The number of benzene rings is 1. The van der Waals surface area contributed by atoms with Gasteiger partial charge in [-0.15, -0.1) is 0 Å². The van der Waals surface area contributed by atoms with Gasteiger partial charge in [0.1, 0.15) is 12.6 Å². The molecule has 0 aliphatic heterocycles. The first kappa shape index (κ1) is 13.8. The van der Waals surface area contributed by atoms with Crippen LogP contribution in [0, 0.1) is 11.3 Å². The molecular formula is C14H10ClN3O2. The highest BCUT2D eigenvalue weighted by atomic mass is 35.5. The maximum absolute atomic E-state index is 11.8. The van der Waals surface area contributed by atoms with E-state index < -0.39 is 0 Å². The van der Waals surface area contributed by atoms with Crippen LogP contribution in [0.2, 0.25) is 5.02 Å². The van der Waals surface area contributed by atoms with E-state index in [1.54, 1.807) is 18.2 Å². The van der Waals surface area contributed by atoms with Gasteiger partial charge in [0.25, 0.3) is 5.56 Å². The van der Waals surface area contributed by atoms with Gasteiger partial charge in [0.2, 0.25) is 5.91 Å². The molecule has 0 radical (unpaired) electrons. The zero-order chi connectivity index (χ0) is 14.5. The molecule has 0 fully saturated rings. The second-order valence-electron chi connectivity index (χ2n) is 4.02. The Kier molecular flexibility index (Phi) is 4.18. The molecule has 2 rings (SSSR count). The standard InChI is InChI=1S/C14H10ClN3O2/c15-12-7-11(5-4-10(12)8-16)17-13(19)9-18-6-2-1-3-14(18)20/h1-7H,9H2,(H,17,19). The average molecular weight is 288 g/mol. The van der Waals surface area contributed by atoms with Gasteiger partial charge in [0.15, 0.2) is 0 Å². The Morgan fingerprint density at radius 3 is 2.80 bits per heavy atom. The van der Waals surface area contributed by atoms with Crippen molar-refractivity contribution < 1.29 is 4.79 Å². The van der Waals surface area contributed by atoms with Crippen LogP contribution < -0.4 is 10.9 Å². The van der Waals surface area contributed by atoms with E-state index in [9.17, 15) is 9.59 Å². The summed E-state index contributed by atoms with van der Waals surface area (Å²) in [6.07, 6.45) is 1.54. The second-order valence-corrected chi connectivity index (χ2v) is 4.43. The first-order valence-corrected chi connectivity index (χ1v) is 6.13. The van der Waals surface area contributed by atoms with E-state index in [0.717, 1.165) is 0 Å². The van der Waals surface area contributed by atoms with Gasteiger partial charge in [-0.25, -0.2) is 0 Å². The number of aromatic nitrogens is 1. The lowest BCUT2D eigenvalue weighted by molar-refractivity contribution is -0.116. The van der Waals surface area contributed by atoms with Crippen molar-refractivity contribution in [3.8, 4) is 6.07 Å². The van der Waals surface area contributed by atoms with Crippen molar-refractivity contribution in [2.24, 2.45) is 0 Å². The topological polar surface area (TPSA) is 74.9 Å². The number of hydrogen-bond donors (Lipinski definition) is 1. The van der Waals surface area contributed by atoms with E-state index in [2.05, 4.69) is 5.32 Å². The zero-order valence-corrected chi connectivity index (χ0v) is 11.1. The fraction of sp³-hybridized carbons (Fsp3) is 0.0714. The molecule has 0 aliphatic rings. The molecule has 0 saturated heterocycles. The number of amides is 1. The molecule has 0 atom stereocenters. The normalized spacial score (nSPS) is 9.80. The third kappa shape index (κ3) is 3.25. The fourth-order valence-electron chi connectivity index (χ4n) is 1.63. The van der Waals surface area contributed by atoms with Crippen LogP contribution in [0.1, 0.15) is 5.56 Å². The Morgan fingerprint density at radius 2 is 2.15 bits per heavy atom. The minimum absolute atomic E-state index is 0.0860. The van der Waals surface area contributed by atoms with Crippen molar-refractivity contribution in [2.45, 2.75) is 6.54 Å². The van der Waals surface area contributed by atoms with Crippen molar-refractivity contribution in [2.75, 3.05) is 5.32 Å². The van der Waals surface area contributed by atoms with Crippen molar-refractivity contribution in [1.29, 1.82) is 5.26 Å². The van der Waals surface area contributed by atoms with Gasteiger partial charge >= 0.3 is 0 Å². The molecule has 0 saturated carbocycles. The van der Waals surface area contributed by atoms with E-state index >= 15 is 0 Å². The molecule has 5 nitrogen and oxygen atoms in total. The molecule has 100 valence electrons. The van der Waals surface area contributed by atoms with Crippen LogP contribution in [0.15, 0.2) is 47.4 Å². The lowest BCUT2D eigenvalue weighted by Gasteiger charge is -2.07. The summed E-state index contributed by atoms with van der Waals surface area (Å²) in [6, 6.07) is 11.2. The molecule has 1 aromatic heterocycles. The van der Waals surface area contributed by atoms with Gasteiger partial charge in [-0.2, -0.15) is 5.26 Å². The summed E-state index contributed by atoms with van der Waals surface area (Å²) >= 11 is 5.87. The zero-order valence-electron chi connectivity index (χ0n) is 10.3. The number of anilines is 1. The molecule has 1 aromatic carbocycles. The summed E-state index contributed by atoms with van der Waals surface area (Å²) in [5.74, 6) is -0.348. The number of halogens is 1. The Balaban J connectivity index is 2.09. The maximum Gasteiger partial charge on any atom is 0.250 e. The number of carbonyl (C=O) groups is 1. The molecule has 0 aliphatic carbocycles. The van der Waals surface area contributed by atoms with Crippen molar-refractivity contribution in [1.82, 2.24) is 4.57 Å². The van der Waals surface area contributed by atoms with E-state index in [-0.39, 0.29) is 23.0 Å². The summed E-state index contributed by atoms with van der Waals surface area (Å²) in [5.41, 5.74) is 0.562. The van der Waals surface area contributed by atoms with Gasteiger partial charge < -0.3 is 9.88 Å². The molecule has 2 aromatic rings. The summed E-state index contributed by atoms with van der Waals surface area (Å²) in [6.45, 7) is -0.0860. The van der Waals surface area contributed by atoms with Gasteiger partial charge in [-0.1, -0.05) is 17.7 Å². The average Bonchev–Trinajstić information content (AvgIpc) is 2.41. The van der Waals surface area contributed by atoms with Gasteiger partial charge in [0.05, 0.1) is 10.6 Å². The largest absolute Gasteiger partial charge is 0.324 e. The highest BCUT2D eigenvalue weighted by Gasteiger charge is 2.06. The molecule has 1 heterocycles. The number of nitrogens with zero attached hydrogens (tertiary/aromatic N) is 2. The molecule has 1 N–H and O–H groups in total. The smallest absolute Gasteiger partial charge is 0.250 e. The van der Waals surface area contributed by atoms with Crippen LogP contribution in [-0.2, 0) is 11.3 Å². The highest BCUT2D eigenvalue weighted by molar-refractivity contribution is 6.32. The maximum atomic E-state index is 11.8. The van der Waals surface area contributed by atoms with Crippen LogP contribution in [0.3, 0.4) is 0 Å². The minimum atomic E-state index is -0.348. The SMILES string of the molecule is N#Cc1ccc(NC(=O)Cn2ccccc2=O)cc1Cl. The predicted octanol–water partition coefficient (Wildman–Crippen LogP) is 2.01. The van der Waals surface area contributed by atoms with Gasteiger partial charge in [0, 0.05) is 18.0 Å².